The van der Waals surface area contributed by atoms with Crippen molar-refractivity contribution in [2.24, 2.45) is 7.05 Å². The summed E-state index contributed by atoms with van der Waals surface area (Å²) in [5.74, 6) is -0.238. The van der Waals surface area contributed by atoms with E-state index in [1.807, 2.05) is 6.92 Å². The molecular formula is C14H17N3O3. The van der Waals surface area contributed by atoms with Crippen LogP contribution in [0.15, 0.2) is 33.9 Å². The van der Waals surface area contributed by atoms with Crippen molar-refractivity contribution in [2.45, 2.75) is 19.9 Å². The van der Waals surface area contributed by atoms with Gasteiger partial charge < -0.3 is 5.32 Å². The van der Waals surface area contributed by atoms with Crippen molar-refractivity contribution < 1.29 is 4.79 Å². The van der Waals surface area contributed by atoms with E-state index in [1.54, 1.807) is 24.3 Å². The van der Waals surface area contributed by atoms with Crippen LogP contribution >= 0.6 is 0 Å². The van der Waals surface area contributed by atoms with Gasteiger partial charge >= 0.3 is 5.69 Å². The molecule has 0 saturated heterocycles. The summed E-state index contributed by atoms with van der Waals surface area (Å²) in [6.45, 7) is 2.43. The number of hydrogen-bond acceptors (Lipinski definition) is 3. The first-order chi connectivity index (χ1) is 9.56. The Hall–Kier alpha value is -2.37. The van der Waals surface area contributed by atoms with Crippen LogP contribution in [0.4, 0.5) is 0 Å². The second-order valence-corrected chi connectivity index (χ2v) is 4.60. The number of benzene rings is 1. The maximum atomic E-state index is 12.2. The maximum absolute atomic E-state index is 12.2. The van der Waals surface area contributed by atoms with Gasteiger partial charge in [-0.2, -0.15) is 0 Å². The van der Waals surface area contributed by atoms with Gasteiger partial charge in [-0.15, -0.1) is 0 Å². The molecule has 6 heteroatoms. The number of nitrogens with one attached hydrogen (secondary N) is 1. The molecule has 0 bridgehead atoms. The molecule has 0 aliphatic rings. The van der Waals surface area contributed by atoms with E-state index in [4.69, 9.17) is 0 Å². The first kappa shape index (κ1) is 14.0. The average molecular weight is 275 g/mol. The minimum Gasteiger partial charge on any atom is -0.355 e. The van der Waals surface area contributed by atoms with Gasteiger partial charge in [0.15, 0.2) is 0 Å². The Balaban J connectivity index is 2.55. The fraction of sp³-hybridized carbons (Fsp3) is 0.357. The fourth-order valence-corrected chi connectivity index (χ4v) is 2.06. The predicted octanol–water partition coefficient (Wildman–Crippen LogP) is 0.226. The largest absolute Gasteiger partial charge is 0.355 e. The summed E-state index contributed by atoms with van der Waals surface area (Å²) >= 11 is 0. The zero-order chi connectivity index (χ0) is 14.7. The van der Waals surface area contributed by atoms with Crippen molar-refractivity contribution in [3.63, 3.8) is 0 Å². The van der Waals surface area contributed by atoms with Crippen molar-refractivity contribution in [3.05, 3.63) is 45.1 Å². The quantitative estimate of drug-likeness (QED) is 0.868. The Kier molecular flexibility index (Phi) is 4.02. The Bertz CT molecular complexity index is 758. The van der Waals surface area contributed by atoms with E-state index in [0.29, 0.717) is 17.4 Å². The number of para-hydroxylation sites is 1. The zero-order valence-electron chi connectivity index (χ0n) is 11.5. The minimum atomic E-state index is -0.486. The molecule has 1 aromatic carbocycles. The number of carbonyl (C=O) groups is 1. The third-order valence-corrected chi connectivity index (χ3v) is 3.12. The monoisotopic (exact) mass is 275 g/mol. The SMILES string of the molecule is CCCNC(=O)Cn1c(=O)n(C)c(=O)c2ccccc21. The highest BCUT2D eigenvalue weighted by Crippen LogP contribution is 2.06. The van der Waals surface area contributed by atoms with Gasteiger partial charge in [0.05, 0.1) is 10.9 Å². The Morgan fingerprint density at radius 1 is 1.25 bits per heavy atom. The third kappa shape index (κ3) is 2.49. The van der Waals surface area contributed by atoms with E-state index >= 15 is 0 Å². The van der Waals surface area contributed by atoms with Crippen LogP contribution in [0.5, 0.6) is 0 Å². The number of nitrogens with zero attached hydrogens (tertiary/aromatic N) is 2. The summed E-state index contributed by atoms with van der Waals surface area (Å²) in [4.78, 5) is 36.0. The van der Waals surface area contributed by atoms with Crippen LogP contribution < -0.4 is 16.6 Å². The summed E-state index contributed by atoms with van der Waals surface area (Å²) in [5, 5.41) is 3.15. The maximum Gasteiger partial charge on any atom is 0.331 e. The molecule has 1 aromatic heterocycles. The first-order valence-electron chi connectivity index (χ1n) is 6.51. The number of amides is 1. The number of aromatic nitrogens is 2. The van der Waals surface area contributed by atoms with E-state index < -0.39 is 5.69 Å². The number of hydrogen-bond donors (Lipinski definition) is 1. The van der Waals surface area contributed by atoms with E-state index in [2.05, 4.69) is 5.32 Å². The number of rotatable bonds is 4. The van der Waals surface area contributed by atoms with Crippen LogP contribution in [0.3, 0.4) is 0 Å². The van der Waals surface area contributed by atoms with Crippen LogP contribution in [0.2, 0.25) is 0 Å². The standard InChI is InChI=1S/C14H17N3O3/c1-3-8-15-12(18)9-17-11-7-5-4-6-10(11)13(19)16(2)14(17)20/h4-7H,3,8-9H2,1-2H3,(H,15,18). The van der Waals surface area contributed by atoms with Gasteiger partial charge in [-0.25, -0.2) is 4.79 Å². The van der Waals surface area contributed by atoms with Crippen LogP contribution in [-0.4, -0.2) is 21.6 Å². The molecule has 0 saturated carbocycles. The van der Waals surface area contributed by atoms with Gasteiger partial charge in [0.1, 0.15) is 6.54 Å². The molecular weight excluding hydrogens is 258 g/mol. The van der Waals surface area contributed by atoms with Gasteiger partial charge in [0.2, 0.25) is 5.91 Å². The molecule has 20 heavy (non-hydrogen) atoms. The summed E-state index contributed by atoms with van der Waals surface area (Å²) in [6.07, 6.45) is 0.828. The summed E-state index contributed by atoms with van der Waals surface area (Å²) in [7, 11) is 1.41. The molecule has 0 spiro atoms. The third-order valence-electron chi connectivity index (χ3n) is 3.12. The molecule has 6 nitrogen and oxygen atoms in total. The number of carbonyl (C=O) groups excluding carboxylic acids is 1. The predicted molar refractivity (Wildman–Crippen MR) is 76.7 cm³/mol. The van der Waals surface area contributed by atoms with E-state index in [1.165, 1.54) is 11.6 Å². The van der Waals surface area contributed by atoms with Crippen LogP contribution in [0.25, 0.3) is 10.9 Å². The second-order valence-electron chi connectivity index (χ2n) is 4.60. The lowest BCUT2D eigenvalue weighted by Crippen LogP contribution is -2.41. The zero-order valence-corrected chi connectivity index (χ0v) is 11.5. The molecule has 1 N–H and O–H groups in total. The molecule has 2 aromatic rings. The lowest BCUT2D eigenvalue weighted by molar-refractivity contribution is -0.121. The highest BCUT2D eigenvalue weighted by molar-refractivity contribution is 5.81. The Morgan fingerprint density at radius 3 is 2.65 bits per heavy atom. The van der Waals surface area contributed by atoms with Crippen LogP contribution in [0.1, 0.15) is 13.3 Å². The van der Waals surface area contributed by atoms with Crippen molar-refractivity contribution >= 4 is 16.8 Å². The fourth-order valence-electron chi connectivity index (χ4n) is 2.06. The molecule has 0 aliphatic carbocycles. The van der Waals surface area contributed by atoms with Crippen LogP contribution in [-0.2, 0) is 18.4 Å². The molecule has 0 radical (unpaired) electrons. The molecule has 2 rings (SSSR count). The summed E-state index contributed by atoms with van der Waals surface area (Å²) in [6, 6.07) is 6.79. The minimum absolute atomic E-state index is 0.0898. The molecule has 0 unspecified atom stereocenters. The van der Waals surface area contributed by atoms with Crippen molar-refractivity contribution in [2.75, 3.05) is 6.54 Å². The molecule has 0 aliphatic heterocycles. The summed E-state index contributed by atoms with van der Waals surface area (Å²) < 4.78 is 2.34. The van der Waals surface area contributed by atoms with Crippen molar-refractivity contribution in [1.29, 1.82) is 0 Å². The van der Waals surface area contributed by atoms with E-state index in [-0.39, 0.29) is 18.0 Å². The topological polar surface area (TPSA) is 73.1 Å². The number of fused-ring (bicyclic) bond motifs is 1. The van der Waals surface area contributed by atoms with Gasteiger partial charge in [0.25, 0.3) is 5.56 Å². The van der Waals surface area contributed by atoms with Gasteiger partial charge in [-0.05, 0) is 18.6 Å². The molecule has 1 amide bonds. The molecule has 106 valence electrons. The summed E-state index contributed by atoms with van der Waals surface area (Å²) in [5.41, 5.74) is -0.358. The van der Waals surface area contributed by atoms with Gasteiger partial charge in [0, 0.05) is 13.6 Å². The first-order valence-corrected chi connectivity index (χ1v) is 6.51. The Labute approximate surface area is 115 Å². The molecule has 1 heterocycles. The highest BCUT2D eigenvalue weighted by Gasteiger charge is 2.12. The molecule has 0 atom stereocenters. The van der Waals surface area contributed by atoms with Gasteiger partial charge in [-0.3, -0.25) is 18.7 Å². The normalized spacial score (nSPS) is 10.7. The smallest absolute Gasteiger partial charge is 0.331 e. The lowest BCUT2D eigenvalue weighted by atomic mass is 10.2. The van der Waals surface area contributed by atoms with E-state index in [0.717, 1.165) is 11.0 Å². The van der Waals surface area contributed by atoms with E-state index in [9.17, 15) is 14.4 Å². The van der Waals surface area contributed by atoms with Gasteiger partial charge in [-0.1, -0.05) is 19.1 Å². The Morgan fingerprint density at radius 2 is 1.95 bits per heavy atom. The second kappa shape index (κ2) is 5.73. The van der Waals surface area contributed by atoms with Crippen molar-refractivity contribution in [1.82, 2.24) is 14.5 Å². The molecule has 0 fully saturated rings. The van der Waals surface area contributed by atoms with Crippen molar-refractivity contribution in [3.8, 4) is 0 Å². The lowest BCUT2D eigenvalue weighted by Gasteiger charge is -2.11. The van der Waals surface area contributed by atoms with Crippen LogP contribution in [0, 0.1) is 0 Å². The average Bonchev–Trinajstić information content (AvgIpc) is 2.47. The highest BCUT2D eigenvalue weighted by atomic mass is 16.2.